The molecule has 0 spiro atoms. The molecular weight excluding hydrogens is 582 g/mol. The Morgan fingerprint density at radius 3 is 2.33 bits per heavy atom. The second-order valence-corrected chi connectivity index (χ2v) is 12.1. The lowest BCUT2D eigenvalue weighted by atomic mass is 9.86. The number of hydrogen-bond acceptors (Lipinski definition) is 8. The minimum atomic E-state index is -1.88. The zero-order valence-corrected chi connectivity index (χ0v) is 25.4. The van der Waals surface area contributed by atoms with Crippen molar-refractivity contribution in [2.75, 3.05) is 13.3 Å². The van der Waals surface area contributed by atoms with Gasteiger partial charge in [0.1, 0.15) is 6.61 Å². The number of aromatic nitrogens is 2. The predicted octanol–water partition coefficient (Wildman–Crippen LogP) is 5.12. The summed E-state index contributed by atoms with van der Waals surface area (Å²) in [4.78, 5) is 31.5. The van der Waals surface area contributed by atoms with Gasteiger partial charge in [-0.15, -0.1) is 0 Å². The normalized spacial score (nSPS) is 17.6. The first-order valence-electron chi connectivity index (χ1n) is 15.7. The molecule has 0 radical (unpaired) electrons. The molecule has 46 heavy (non-hydrogen) atoms. The average Bonchev–Trinajstić information content (AvgIpc) is 3.70. The highest BCUT2D eigenvalue weighted by Gasteiger charge is 2.45. The highest BCUT2D eigenvalue weighted by molar-refractivity contribution is 5.91. The summed E-state index contributed by atoms with van der Waals surface area (Å²) < 4.78 is 18.3. The van der Waals surface area contributed by atoms with E-state index in [1.54, 1.807) is 17.6 Å². The quantitative estimate of drug-likeness (QED) is 0.179. The fourth-order valence-electron chi connectivity index (χ4n) is 7.11. The van der Waals surface area contributed by atoms with Crippen LogP contribution in [-0.2, 0) is 34.8 Å². The number of ether oxygens (including phenoxy) is 3. The summed E-state index contributed by atoms with van der Waals surface area (Å²) in [5.41, 5.74) is 4.88. The predicted molar refractivity (Wildman–Crippen MR) is 172 cm³/mol. The van der Waals surface area contributed by atoms with Crippen molar-refractivity contribution >= 4 is 16.9 Å². The molecule has 9 nitrogen and oxygen atoms in total. The molecule has 9 heteroatoms. The molecule has 0 saturated heterocycles. The Morgan fingerprint density at radius 1 is 0.935 bits per heavy atom. The second kappa shape index (κ2) is 11.1. The van der Waals surface area contributed by atoms with E-state index in [2.05, 4.69) is 53.8 Å². The molecule has 5 heterocycles. The van der Waals surface area contributed by atoms with E-state index >= 15 is 0 Å². The van der Waals surface area contributed by atoms with Crippen molar-refractivity contribution < 1.29 is 24.1 Å². The van der Waals surface area contributed by atoms with Crippen LogP contribution in [0.3, 0.4) is 0 Å². The molecule has 0 unspecified atom stereocenters. The van der Waals surface area contributed by atoms with Gasteiger partial charge in [0.15, 0.2) is 17.1 Å². The molecule has 2 N–H and O–H groups in total. The lowest BCUT2D eigenvalue weighted by Crippen LogP contribution is -2.44. The number of carbonyl (C=O) groups is 1. The van der Waals surface area contributed by atoms with E-state index in [-0.39, 0.29) is 31.3 Å². The van der Waals surface area contributed by atoms with Gasteiger partial charge in [0, 0.05) is 35.0 Å². The number of nitrogens with one attached hydrogen (secondary N) is 1. The van der Waals surface area contributed by atoms with Gasteiger partial charge < -0.3 is 29.2 Å². The smallest absolute Gasteiger partial charge is 0.343 e. The lowest BCUT2D eigenvalue weighted by Gasteiger charge is -2.31. The lowest BCUT2D eigenvalue weighted by molar-refractivity contribution is -0.172. The van der Waals surface area contributed by atoms with Crippen molar-refractivity contribution in [2.45, 2.75) is 51.0 Å². The summed E-state index contributed by atoms with van der Waals surface area (Å²) in [5.74, 6) is 0.783. The highest BCUT2D eigenvalue weighted by Crippen LogP contribution is 2.43. The summed E-state index contributed by atoms with van der Waals surface area (Å²) in [7, 11) is 0. The maximum Gasteiger partial charge on any atom is 0.343 e. The third-order valence-corrected chi connectivity index (χ3v) is 9.62. The van der Waals surface area contributed by atoms with Crippen molar-refractivity contribution in [3.05, 3.63) is 123 Å². The van der Waals surface area contributed by atoms with Crippen molar-refractivity contribution in [3.63, 3.8) is 0 Å². The Bertz CT molecular complexity index is 2020. The van der Waals surface area contributed by atoms with E-state index in [1.807, 2.05) is 24.3 Å². The molecule has 0 fully saturated rings. The number of pyridine rings is 2. The number of cyclic esters (lactones) is 1. The summed E-state index contributed by atoms with van der Waals surface area (Å²) in [6, 6.07) is 26.7. The first-order chi connectivity index (χ1) is 22.5. The topological polar surface area (TPSA) is 112 Å². The molecule has 8 rings (SSSR count). The maximum atomic E-state index is 13.8. The van der Waals surface area contributed by atoms with Crippen LogP contribution in [0.4, 0.5) is 0 Å². The van der Waals surface area contributed by atoms with E-state index in [9.17, 15) is 14.7 Å². The van der Waals surface area contributed by atoms with Gasteiger partial charge in [-0.05, 0) is 48.2 Å². The standard InChI is InChI=1S/C37H33N3O6/c1-2-37(43)29-16-31-34-27(19-40(31)35(41)28(29)20-44-36(37)42)26(25-15-32-33(46-21-45-32)17-30(25)39-34)18-38-14-13-24(22-9-5-3-6-10-22)23-11-7-4-8-12-23/h3-12,15-17,24,38,43H,2,13-14,18-21H2,1H3/t37-/m0/s1. The number of benzene rings is 3. The van der Waals surface area contributed by atoms with Gasteiger partial charge in [-0.2, -0.15) is 0 Å². The van der Waals surface area contributed by atoms with E-state index in [4.69, 9.17) is 19.2 Å². The van der Waals surface area contributed by atoms with E-state index in [0.29, 0.717) is 47.1 Å². The van der Waals surface area contributed by atoms with Crippen molar-refractivity contribution in [3.8, 4) is 22.9 Å². The van der Waals surface area contributed by atoms with Gasteiger partial charge in [0.05, 0.1) is 29.0 Å². The SMILES string of the molecule is CC[C@@]1(O)C(=O)OCc2c1cc1n(c2=O)Cc2c-1nc1cc3c(cc1c2CNCCC(c1ccccc1)c1ccccc1)OCO3. The molecule has 232 valence electrons. The third kappa shape index (κ3) is 4.49. The molecule has 5 aromatic rings. The molecule has 0 aliphatic carbocycles. The zero-order chi connectivity index (χ0) is 31.4. The maximum absolute atomic E-state index is 13.8. The van der Waals surface area contributed by atoms with Gasteiger partial charge in [-0.3, -0.25) is 4.79 Å². The fraction of sp³-hybridized carbons (Fsp3) is 0.270. The van der Waals surface area contributed by atoms with E-state index in [0.717, 1.165) is 35.0 Å². The zero-order valence-electron chi connectivity index (χ0n) is 25.4. The van der Waals surface area contributed by atoms with Gasteiger partial charge in [-0.25, -0.2) is 9.78 Å². The summed E-state index contributed by atoms with van der Waals surface area (Å²) in [6.07, 6.45) is 0.979. The number of rotatable bonds is 8. The van der Waals surface area contributed by atoms with Crippen LogP contribution in [0.15, 0.2) is 83.7 Å². The molecule has 0 amide bonds. The van der Waals surface area contributed by atoms with E-state index in [1.165, 1.54) is 11.1 Å². The van der Waals surface area contributed by atoms with Gasteiger partial charge in [0.25, 0.3) is 5.56 Å². The van der Waals surface area contributed by atoms with E-state index < -0.39 is 11.6 Å². The van der Waals surface area contributed by atoms with Crippen LogP contribution in [-0.4, -0.2) is 34.0 Å². The van der Waals surface area contributed by atoms with Crippen LogP contribution in [0.2, 0.25) is 0 Å². The number of hydrogen-bond donors (Lipinski definition) is 2. The number of aliphatic hydroxyl groups is 1. The molecular formula is C37H33N3O6. The molecule has 0 bridgehead atoms. The summed E-state index contributed by atoms with van der Waals surface area (Å²) >= 11 is 0. The van der Waals surface area contributed by atoms with Crippen LogP contribution in [0.1, 0.15) is 59.1 Å². The number of fused-ring (bicyclic) bond motifs is 6. The largest absolute Gasteiger partial charge is 0.458 e. The average molecular weight is 616 g/mol. The first-order valence-corrected chi connectivity index (χ1v) is 15.7. The molecule has 2 aromatic heterocycles. The van der Waals surface area contributed by atoms with Gasteiger partial charge in [0.2, 0.25) is 6.79 Å². The van der Waals surface area contributed by atoms with Gasteiger partial charge in [-0.1, -0.05) is 67.6 Å². The van der Waals surface area contributed by atoms with Crippen LogP contribution >= 0.6 is 0 Å². The van der Waals surface area contributed by atoms with Crippen LogP contribution in [0.5, 0.6) is 11.5 Å². The van der Waals surface area contributed by atoms with Crippen molar-refractivity contribution in [1.82, 2.24) is 14.9 Å². The Balaban J connectivity index is 1.17. The highest BCUT2D eigenvalue weighted by atomic mass is 16.7. The number of carbonyl (C=O) groups excluding carboxylic acids is 1. The van der Waals surface area contributed by atoms with Crippen LogP contribution in [0, 0.1) is 0 Å². The van der Waals surface area contributed by atoms with Crippen molar-refractivity contribution in [2.24, 2.45) is 0 Å². The number of nitrogens with zero attached hydrogens (tertiary/aromatic N) is 2. The Hall–Kier alpha value is -4.99. The summed E-state index contributed by atoms with van der Waals surface area (Å²) in [6.45, 7) is 3.30. The Labute approximate surface area is 265 Å². The Morgan fingerprint density at radius 2 is 1.63 bits per heavy atom. The van der Waals surface area contributed by atoms with Gasteiger partial charge >= 0.3 is 5.97 Å². The molecule has 3 aliphatic rings. The molecule has 3 aliphatic heterocycles. The third-order valence-electron chi connectivity index (χ3n) is 9.62. The minimum Gasteiger partial charge on any atom is -0.458 e. The Kier molecular flexibility index (Phi) is 6.88. The van der Waals surface area contributed by atoms with Crippen molar-refractivity contribution in [1.29, 1.82) is 0 Å². The minimum absolute atomic E-state index is 0.0886. The summed E-state index contributed by atoms with van der Waals surface area (Å²) in [5, 5.41) is 15.9. The monoisotopic (exact) mass is 615 g/mol. The molecule has 1 atom stereocenters. The number of esters is 1. The second-order valence-electron chi connectivity index (χ2n) is 12.1. The fourth-order valence-corrected chi connectivity index (χ4v) is 7.11. The first kappa shape index (κ1) is 28.5. The van der Waals surface area contributed by atoms with Crippen LogP contribution in [0.25, 0.3) is 22.3 Å². The molecule has 0 saturated carbocycles. The van der Waals surface area contributed by atoms with Crippen LogP contribution < -0.4 is 20.3 Å². The molecule has 3 aromatic carbocycles.